The van der Waals surface area contributed by atoms with Crippen LogP contribution in [0.15, 0.2) is 24.3 Å². The van der Waals surface area contributed by atoms with Crippen molar-refractivity contribution in [1.29, 1.82) is 0 Å². The van der Waals surface area contributed by atoms with Crippen LogP contribution in [-0.4, -0.2) is 19.4 Å². The topological polar surface area (TPSA) is 20.3 Å². The van der Waals surface area contributed by atoms with E-state index in [9.17, 15) is 4.79 Å². The molecule has 0 atom stereocenters. The molecule has 1 aliphatic heterocycles. The van der Waals surface area contributed by atoms with Crippen LogP contribution < -0.4 is 4.90 Å². The number of rotatable bonds is 3. The monoisotopic (exact) mass is 201 g/mol. The average Bonchev–Trinajstić information content (AvgIpc) is 2.97. The molecule has 1 aromatic carbocycles. The van der Waals surface area contributed by atoms with Crippen LogP contribution in [0.3, 0.4) is 0 Å². The second kappa shape index (κ2) is 3.09. The molecular weight excluding hydrogens is 186 g/mol. The van der Waals surface area contributed by atoms with Crippen LogP contribution in [0.5, 0.6) is 0 Å². The summed E-state index contributed by atoms with van der Waals surface area (Å²) in [5, 5.41) is 0. The van der Waals surface area contributed by atoms with Crippen LogP contribution >= 0.6 is 0 Å². The number of carbonyl (C=O) groups excluding carboxylic acids is 1. The van der Waals surface area contributed by atoms with E-state index in [1.165, 1.54) is 24.1 Å². The van der Waals surface area contributed by atoms with Gasteiger partial charge in [0.2, 0.25) is 0 Å². The van der Waals surface area contributed by atoms with Gasteiger partial charge in [0.15, 0.2) is 0 Å². The van der Waals surface area contributed by atoms with Crippen LogP contribution in [-0.2, 0) is 10.2 Å². The Balaban J connectivity index is 1.92. The molecule has 15 heavy (non-hydrogen) atoms. The predicted octanol–water partition coefficient (Wildman–Crippen LogP) is 2.13. The maximum Gasteiger partial charge on any atom is 0.121 e. The average molecular weight is 201 g/mol. The number of para-hydroxylation sites is 1. The van der Waals surface area contributed by atoms with Gasteiger partial charge in [-0.05, 0) is 24.5 Å². The highest BCUT2D eigenvalue weighted by atomic mass is 16.1. The van der Waals surface area contributed by atoms with Crippen molar-refractivity contribution in [3.8, 4) is 0 Å². The molecule has 3 rings (SSSR count). The molecule has 1 spiro atoms. The summed E-state index contributed by atoms with van der Waals surface area (Å²) in [6.07, 6.45) is 4.30. The number of hydrogen-bond donors (Lipinski definition) is 0. The molecule has 1 aromatic rings. The van der Waals surface area contributed by atoms with E-state index in [1.807, 2.05) is 0 Å². The van der Waals surface area contributed by atoms with Crippen LogP contribution in [0, 0.1) is 0 Å². The molecule has 2 heteroatoms. The Labute approximate surface area is 89.9 Å². The fourth-order valence-electron chi connectivity index (χ4n) is 2.72. The number of nitrogens with zero attached hydrogens (tertiary/aromatic N) is 1. The van der Waals surface area contributed by atoms with Crippen molar-refractivity contribution in [1.82, 2.24) is 0 Å². The fraction of sp³-hybridized carbons (Fsp3) is 0.462. The lowest BCUT2D eigenvalue weighted by molar-refractivity contribution is -0.107. The van der Waals surface area contributed by atoms with E-state index in [2.05, 4.69) is 29.2 Å². The molecule has 0 N–H and O–H groups in total. The summed E-state index contributed by atoms with van der Waals surface area (Å²) in [4.78, 5) is 12.8. The molecule has 78 valence electrons. The van der Waals surface area contributed by atoms with Gasteiger partial charge in [0.1, 0.15) is 6.29 Å². The van der Waals surface area contributed by atoms with Gasteiger partial charge < -0.3 is 9.69 Å². The Hall–Kier alpha value is -1.31. The van der Waals surface area contributed by atoms with Crippen molar-refractivity contribution in [2.75, 3.05) is 18.0 Å². The van der Waals surface area contributed by atoms with Gasteiger partial charge in [0, 0.05) is 30.6 Å². The zero-order valence-corrected chi connectivity index (χ0v) is 8.78. The van der Waals surface area contributed by atoms with Crippen molar-refractivity contribution < 1.29 is 4.79 Å². The first-order valence-electron chi connectivity index (χ1n) is 5.64. The molecule has 1 saturated carbocycles. The third kappa shape index (κ3) is 1.28. The van der Waals surface area contributed by atoms with Gasteiger partial charge in [-0.2, -0.15) is 0 Å². The summed E-state index contributed by atoms with van der Waals surface area (Å²) in [6.45, 7) is 2.00. The number of benzene rings is 1. The number of fused-ring (bicyclic) bond motifs is 2. The third-order valence-electron chi connectivity index (χ3n) is 3.68. The van der Waals surface area contributed by atoms with E-state index in [0.717, 1.165) is 19.4 Å². The fourth-order valence-corrected chi connectivity index (χ4v) is 2.72. The lowest BCUT2D eigenvalue weighted by Gasteiger charge is -2.18. The first-order chi connectivity index (χ1) is 7.36. The lowest BCUT2D eigenvalue weighted by Crippen LogP contribution is -2.25. The van der Waals surface area contributed by atoms with E-state index in [4.69, 9.17) is 0 Å². The zero-order valence-electron chi connectivity index (χ0n) is 8.78. The Morgan fingerprint density at radius 3 is 2.87 bits per heavy atom. The maximum absolute atomic E-state index is 10.4. The SMILES string of the molecule is O=CCCN1CC2(CC2)c2ccccc21. The van der Waals surface area contributed by atoms with Crippen LogP contribution in [0.4, 0.5) is 5.69 Å². The van der Waals surface area contributed by atoms with Crippen LogP contribution in [0.1, 0.15) is 24.8 Å². The summed E-state index contributed by atoms with van der Waals surface area (Å²) in [5.41, 5.74) is 3.33. The Morgan fingerprint density at radius 1 is 1.33 bits per heavy atom. The second-order valence-electron chi connectivity index (χ2n) is 4.67. The number of anilines is 1. The van der Waals surface area contributed by atoms with E-state index in [1.54, 1.807) is 0 Å². The summed E-state index contributed by atoms with van der Waals surface area (Å²) in [7, 11) is 0. The normalized spacial score (nSPS) is 20.4. The second-order valence-corrected chi connectivity index (χ2v) is 4.67. The predicted molar refractivity (Wildman–Crippen MR) is 60.2 cm³/mol. The largest absolute Gasteiger partial charge is 0.370 e. The van der Waals surface area contributed by atoms with Gasteiger partial charge >= 0.3 is 0 Å². The van der Waals surface area contributed by atoms with E-state index < -0.39 is 0 Å². The molecule has 0 unspecified atom stereocenters. The molecule has 0 bridgehead atoms. The molecular formula is C13H15NO. The highest BCUT2D eigenvalue weighted by Crippen LogP contribution is 2.56. The van der Waals surface area contributed by atoms with E-state index >= 15 is 0 Å². The van der Waals surface area contributed by atoms with Gasteiger partial charge in [-0.1, -0.05) is 18.2 Å². The quantitative estimate of drug-likeness (QED) is 0.698. The smallest absolute Gasteiger partial charge is 0.121 e. The highest BCUT2D eigenvalue weighted by Gasteiger charge is 2.51. The van der Waals surface area contributed by atoms with Crippen LogP contribution in [0.25, 0.3) is 0 Å². The van der Waals surface area contributed by atoms with Gasteiger partial charge in [-0.25, -0.2) is 0 Å². The van der Waals surface area contributed by atoms with Gasteiger partial charge in [-0.15, -0.1) is 0 Å². The molecule has 1 fully saturated rings. The van der Waals surface area contributed by atoms with Crippen molar-refractivity contribution in [2.24, 2.45) is 0 Å². The summed E-state index contributed by atoms with van der Waals surface area (Å²) in [5.74, 6) is 0. The molecule has 0 aromatic heterocycles. The zero-order chi connectivity index (χ0) is 10.3. The van der Waals surface area contributed by atoms with Gasteiger partial charge in [0.05, 0.1) is 0 Å². The molecule has 2 nitrogen and oxygen atoms in total. The molecule has 2 aliphatic rings. The van der Waals surface area contributed by atoms with Crippen molar-refractivity contribution in [3.05, 3.63) is 29.8 Å². The summed E-state index contributed by atoms with van der Waals surface area (Å²) < 4.78 is 0. The van der Waals surface area contributed by atoms with E-state index in [0.29, 0.717) is 11.8 Å². The van der Waals surface area contributed by atoms with Gasteiger partial charge in [-0.3, -0.25) is 0 Å². The Morgan fingerprint density at radius 2 is 2.13 bits per heavy atom. The van der Waals surface area contributed by atoms with Crippen molar-refractivity contribution >= 4 is 12.0 Å². The van der Waals surface area contributed by atoms with Gasteiger partial charge in [0.25, 0.3) is 0 Å². The molecule has 0 saturated heterocycles. The minimum atomic E-state index is 0.458. The maximum atomic E-state index is 10.4. The Bertz CT molecular complexity index is 395. The number of hydrogen-bond acceptors (Lipinski definition) is 2. The summed E-state index contributed by atoms with van der Waals surface area (Å²) >= 11 is 0. The standard InChI is InChI=1S/C13H15NO/c15-9-3-8-14-10-13(6-7-13)11-4-1-2-5-12(11)14/h1-2,4-5,9H,3,6-8,10H2. The lowest BCUT2D eigenvalue weighted by atomic mass is 9.99. The molecule has 0 amide bonds. The molecule has 1 aliphatic carbocycles. The van der Waals surface area contributed by atoms with Crippen LogP contribution in [0.2, 0.25) is 0 Å². The Kier molecular flexibility index (Phi) is 1.84. The third-order valence-corrected chi connectivity index (χ3v) is 3.68. The van der Waals surface area contributed by atoms with Crippen molar-refractivity contribution in [2.45, 2.75) is 24.7 Å². The van der Waals surface area contributed by atoms with E-state index in [-0.39, 0.29) is 0 Å². The first-order valence-corrected chi connectivity index (χ1v) is 5.64. The first kappa shape index (κ1) is 8.96. The number of aldehydes is 1. The minimum Gasteiger partial charge on any atom is -0.370 e. The van der Waals surface area contributed by atoms with Crippen molar-refractivity contribution in [3.63, 3.8) is 0 Å². The number of carbonyl (C=O) groups is 1. The highest BCUT2D eigenvalue weighted by molar-refractivity contribution is 5.65. The summed E-state index contributed by atoms with van der Waals surface area (Å²) in [6, 6.07) is 8.66. The molecule has 0 radical (unpaired) electrons. The molecule has 1 heterocycles. The minimum absolute atomic E-state index is 0.458.